The Bertz CT molecular complexity index is 639. The van der Waals surface area contributed by atoms with Crippen molar-refractivity contribution in [3.8, 4) is 0 Å². The summed E-state index contributed by atoms with van der Waals surface area (Å²) in [5.74, 6) is -2.26. The molecular weight excluding hydrogens is 352 g/mol. The normalized spacial score (nSPS) is 23.6. The lowest BCUT2D eigenvalue weighted by Crippen LogP contribution is -2.49. The van der Waals surface area contributed by atoms with Crippen molar-refractivity contribution in [2.75, 3.05) is 31.6 Å². The highest BCUT2D eigenvalue weighted by Crippen LogP contribution is 2.28. The lowest BCUT2D eigenvalue weighted by atomic mass is 10.0. The number of hydrogen-bond donors (Lipinski definition) is 1. The molecule has 3 rings (SSSR count). The molecule has 0 saturated carbocycles. The maximum atomic E-state index is 13.4. The number of nitrogens with one attached hydrogen (secondary N) is 1. The van der Waals surface area contributed by atoms with Crippen LogP contribution in [0, 0.1) is 17.6 Å². The third kappa shape index (κ3) is 4.27. The molecule has 2 amide bonds. The standard InChI is InChI=1S/C17H21F2N3O2.ClH/c1-20-14-3-2-4-21(10-14)17(24)11-5-16(23)22(9-11)15-7-12(18)6-13(19)8-15;/h6-8,11,14,20H,2-5,9-10H2,1H3;1H. The minimum atomic E-state index is -0.736. The summed E-state index contributed by atoms with van der Waals surface area (Å²) in [6, 6.07) is 3.27. The molecule has 0 spiro atoms. The minimum absolute atomic E-state index is 0. The molecule has 2 unspecified atom stereocenters. The summed E-state index contributed by atoms with van der Waals surface area (Å²) >= 11 is 0. The van der Waals surface area contributed by atoms with Crippen LogP contribution < -0.4 is 10.2 Å². The lowest BCUT2D eigenvalue weighted by molar-refractivity contribution is -0.137. The van der Waals surface area contributed by atoms with E-state index < -0.39 is 17.6 Å². The molecule has 5 nitrogen and oxygen atoms in total. The second kappa shape index (κ2) is 8.10. The van der Waals surface area contributed by atoms with Crippen molar-refractivity contribution < 1.29 is 18.4 Å². The number of carbonyl (C=O) groups excluding carboxylic acids is 2. The Balaban J connectivity index is 0.00000225. The molecule has 8 heteroatoms. The minimum Gasteiger partial charge on any atom is -0.341 e. The summed E-state index contributed by atoms with van der Waals surface area (Å²) in [6.45, 7) is 1.49. The maximum absolute atomic E-state index is 13.4. The van der Waals surface area contributed by atoms with Crippen molar-refractivity contribution in [2.45, 2.75) is 25.3 Å². The van der Waals surface area contributed by atoms with Crippen LogP contribution in [0.5, 0.6) is 0 Å². The van der Waals surface area contributed by atoms with Crippen LogP contribution in [-0.2, 0) is 9.59 Å². The van der Waals surface area contributed by atoms with Crippen LogP contribution in [0.15, 0.2) is 18.2 Å². The number of likely N-dealkylation sites (N-methyl/N-ethyl adjacent to an activating group) is 1. The molecule has 2 aliphatic rings. The number of halogens is 3. The van der Waals surface area contributed by atoms with Gasteiger partial charge in [-0.3, -0.25) is 9.59 Å². The van der Waals surface area contributed by atoms with Crippen molar-refractivity contribution in [1.82, 2.24) is 10.2 Å². The van der Waals surface area contributed by atoms with Gasteiger partial charge in [0.1, 0.15) is 11.6 Å². The number of rotatable bonds is 3. The van der Waals surface area contributed by atoms with E-state index in [1.165, 1.54) is 4.90 Å². The molecule has 138 valence electrons. The van der Waals surface area contributed by atoms with E-state index in [9.17, 15) is 18.4 Å². The molecule has 2 fully saturated rings. The number of likely N-dealkylation sites (tertiary alicyclic amines) is 1. The van der Waals surface area contributed by atoms with Crippen LogP contribution in [0.1, 0.15) is 19.3 Å². The molecule has 0 aromatic heterocycles. The lowest BCUT2D eigenvalue weighted by Gasteiger charge is -2.34. The first-order chi connectivity index (χ1) is 11.5. The Labute approximate surface area is 151 Å². The molecule has 2 aliphatic heterocycles. The van der Waals surface area contributed by atoms with E-state index in [0.29, 0.717) is 13.1 Å². The summed E-state index contributed by atoms with van der Waals surface area (Å²) in [5, 5.41) is 3.18. The van der Waals surface area contributed by atoms with E-state index in [1.54, 1.807) is 4.90 Å². The first-order valence-electron chi connectivity index (χ1n) is 8.20. The van der Waals surface area contributed by atoms with Crippen LogP contribution in [0.2, 0.25) is 0 Å². The van der Waals surface area contributed by atoms with Gasteiger partial charge in [-0.2, -0.15) is 0 Å². The molecular formula is C17H22ClF2N3O2. The van der Waals surface area contributed by atoms with Crippen LogP contribution in [0.4, 0.5) is 14.5 Å². The third-order valence-electron chi connectivity index (χ3n) is 4.77. The summed E-state index contributed by atoms with van der Waals surface area (Å²) in [4.78, 5) is 28.0. The number of anilines is 1. The van der Waals surface area contributed by atoms with Gasteiger partial charge in [-0.25, -0.2) is 8.78 Å². The van der Waals surface area contributed by atoms with Crippen LogP contribution in [0.3, 0.4) is 0 Å². The molecule has 0 aliphatic carbocycles. The predicted octanol–water partition coefficient (Wildman–Crippen LogP) is 1.95. The van der Waals surface area contributed by atoms with Gasteiger partial charge >= 0.3 is 0 Å². The topological polar surface area (TPSA) is 52.7 Å². The second-order valence-electron chi connectivity index (χ2n) is 6.45. The predicted molar refractivity (Wildman–Crippen MR) is 92.7 cm³/mol. The van der Waals surface area contributed by atoms with Crippen molar-refractivity contribution in [3.05, 3.63) is 29.8 Å². The number of piperidine rings is 1. The van der Waals surface area contributed by atoms with Gasteiger partial charge in [-0.1, -0.05) is 0 Å². The summed E-state index contributed by atoms with van der Waals surface area (Å²) < 4.78 is 26.8. The molecule has 2 heterocycles. The number of hydrogen-bond acceptors (Lipinski definition) is 3. The summed E-state index contributed by atoms with van der Waals surface area (Å²) in [6.07, 6.45) is 2.03. The van der Waals surface area contributed by atoms with Gasteiger partial charge in [0.2, 0.25) is 11.8 Å². The Morgan fingerprint density at radius 3 is 2.52 bits per heavy atom. The van der Waals surface area contributed by atoms with Crippen LogP contribution in [-0.4, -0.2) is 49.4 Å². The first kappa shape index (κ1) is 19.6. The highest BCUT2D eigenvalue weighted by atomic mass is 35.5. The van der Waals surface area contributed by atoms with E-state index in [4.69, 9.17) is 0 Å². The maximum Gasteiger partial charge on any atom is 0.228 e. The van der Waals surface area contributed by atoms with Crippen LogP contribution in [0.25, 0.3) is 0 Å². The van der Waals surface area contributed by atoms with Crippen molar-refractivity contribution in [3.63, 3.8) is 0 Å². The van der Waals surface area contributed by atoms with Gasteiger partial charge in [0.15, 0.2) is 0 Å². The molecule has 1 aromatic rings. The SMILES string of the molecule is CNC1CCCN(C(=O)C2CC(=O)N(c3cc(F)cc(F)c3)C2)C1.Cl. The van der Waals surface area contributed by atoms with Gasteiger partial charge in [0, 0.05) is 43.9 Å². The fourth-order valence-electron chi connectivity index (χ4n) is 3.49. The van der Waals surface area contributed by atoms with Gasteiger partial charge in [-0.05, 0) is 32.0 Å². The molecule has 25 heavy (non-hydrogen) atoms. The number of nitrogens with zero attached hydrogens (tertiary/aromatic N) is 2. The van der Waals surface area contributed by atoms with E-state index in [1.807, 2.05) is 7.05 Å². The van der Waals surface area contributed by atoms with Crippen LogP contribution >= 0.6 is 12.4 Å². The van der Waals surface area contributed by atoms with Gasteiger partial charge in [0.25, 0.3) is 0 Å². The second-order valence-corrected chi connectivity index (χ2v) is 6.45. The fraction of sp³-hybridized carbons (Fsp3) is 0.529. The Morgan fingerprint density at radius 2 is 1.88 bits per heavy atom. The third-order valence-corrected chi connectivity index (χ3v) is 4.77. The fourth-order valence-corrected chi connectivity index (χ4v) is 3.49. The summed E-state index contributed by atoms with van der Waals surface area (Å²) in [7, 11) is 1.87. The number of amides is 2. The highest BCUT2D eigenvalue weighted by molar-refractivity contribution is 6.00. The zero-order chi connectivity index (χ0) is 17.3. The number of benzene rings is 1. The Morgan fingerprint density at radius 1 is 1.20 bits per heavy atom. The summed E-state index contributed by atoms with van der Waals surface area (Å²) in [5.41, 5.74) is 0.166. The number of carbonyl (C=O) groups is 2. The average molecular weight is 374 g/mol. The first-order valence-corrected chi connectivity index (χ1v) is 8.20. The van der Waals surface area contributed by atoms with E-state index in [2.05, 4.69) is 5.32 Å². The monoisotopic (exact) mass is 373 g/mol. The zero-order valence-electron chi connectivity index (χ0n) is 14.0. The molecule has 2 saturated heterocycles. The quantitative estimate of drug-likeness (QED) is 0.881. The smallest absolute Gasteiger partial charge is 0.228 e. The van der Waals surface area contributed by atoms with E-state index >= 15 is 0 Å². The molecule has 1 aromatic carbocycles. The zero-order valence-corrected chi connectivity index (χ0v) is 14.8. The largest absolute Gasteiger partial charge is 0.341 e. The van der Waals surface area contributed by atoms with Crippen molar-refractivity contribution in [1.29, 1.82) is 0 Å². The van der Waals surface area contributed by atoms with Gasteiger partial charge in [0.05, 0.1) is 5.92 Å². The van der Waals surface area contributed by atoms with E-state index in [0.717, 1.165) is 31.0 Å². The van der Waals surface area contributed by atoms with Crippen molar-refractivity contribution in [2.24, 2.45) is 5.92 Å². The molecule has 0 radical (unpaired) electrons. The van der Waals surface area contributed by atoms with Crippen molar-refractivity contribution >= 4 is 29.9 Å². The Hall–Kier alpha value is -1.73. The molecule has 2 atom stereocenters. The molecule has 1 N–H and O–H groups in total. The molecule has 0 bridgehead atoms. The highest BCUT2D eigenvalue weighted by Gasteiger charge is 2.38. The Kier molecular flexibility index (Phi) is 6.35. The van der Waals surface area contributed by atoms with Gasteiger partial charge < -0.3 is 15.1 Å². The van der Waals surface area contributed by atoms with E-state index in [-0.39, 0.29) is 48.9 Å². The average Bonchev–Trinajstić information content (AvgIpc) is 2.95. The van der Waals surface area contributed by atoms with Gasteiger partial charge in [-0.15, -0.1) is 12.4 Å².